The Hall–Kier alpha value is -7.74. The maximum atomic E-state index is 9.69. The number of hydrogen-bond donors (Lipinski definition) is 0. The predicted molar refractivity (Wildman–Crippen MR) is 251 cm³/mol. The molecular weight excluding hydrogens is 711 g/mol. The average molecular weight is 756 g/mol. The number of rotatable bonds is 9. The molecule has 0 aliphatic rings. The Morgan fingerprint density at radius 1 is 0.254 bits per heavy atom. The van der Waals surface area contributed by atoms with Gasteiger partial charge in [0.15, 0.2) is 0 Å². The van der Waals surface area contributed by atoms with Gasteiger partial charge in [-0.3, -0.25) is 0 Å². The van der Waals surface area contributed by atoms with Gasteiger partial charge in [-0.2, -0.15) is 0 Å². The van der Waals surface area contributed by atoms with E-state index in [0.29, 0.717) is 11.3 Å². The second kappa shape index (κ2) is 16.0. The van der Waals surface area contributed by atoms with Gasteiger partial charge < -0.3 is 4.90 Å². The third-order valence-corrected chi connectivity index (χ3v) is 11.0. The van der Waals surface area contributed by atoms with Crippen LogP contribution >= 0.6 is 0 Å². The number of benzene rings is 10. The molecule has 0 radical (unpaired) electrons. The van der Waals surface area contributed by atoms with Crippen LogP contribution in [0.25, 0.3) is 77.5 Å². The minimum atomic E-state index is -0.128. The van der Waals surface area contributed by atoms with Gasteiger partial charge in [-0.25, -0.2) is 0 Å². The first-order valence-corrected chi connectivity index (χ1v) is 19.9. The van der Waals surface area contributed by atoms with Gasteiger partial charge in [-0.1, -0.05) is 206 Å². The summed E-state index contributed by atoms with van der Waals surface area (Å²) in [6.07, 6.45) is 0. The van der Waals surface area contributed by atoms with Gasteiger partial charge in [0.25, 0.3) is 0 Å². The third kappa shape index (κ3) is 7.46. The monoisotopic (exact) mass is 755 g/mol. The van der Waals surface area contributed by atoms with Crippen molar-refractivity contribution < 1.29 is 5.48 Å². The van der Waals surface area contributed by atoms with Crippen molar-refractivity contribution in [1.29, 1.82) is 0 Å². The van der Waals surface area contributed by atoms with E-state index in [1.165, 1.54) is 0 Å². The number of hydrogen-bond acceptors (Lipinski definition) is 1. The van der Waals surface area contributed by atoms with Crippen molar-refractivity contribution >= 4 is 27.8 Å². The first-order chi connectivity index (χ1) is 30.9. The lowest BCUT2D eigenvalue weighted by Crippen LogP contribution is -2.11. The van der Waals surface area contributed by atoms with Gasteiger partial charge in [0.05, 0.1) is 11.2 Å². The van der Waals surface area contributed by atoms with Crippen molar-refractivity contribution in [3.05, 3.63) is 249 Å². The van der Waals surface area contributed by atoms with E-state index in [2.05, 4.69) is 115 Å². The van der Waals surface area contributed by atoms with Crippen LogP contribution in [0.1, 0.15) is 5.48 Å². The van der Waals surface area contributed by atoms with Crippen LogP contribution in [0, 0.1) is 0 Å². The normalized spacial score (nSPS) is 12.0. The van der Waals surface area contributed by atoms with Crippen LogP contribution in [0.2, 0.25) is 0 Å². The maximum absolute atomic E-state index is 9.69. The van der Waals surface area contributed by atoms with Crippen molar-refractivity contribution in [3.8, 4) is 66.8 Å². The van der Waals surface area contributed by atoms with Crippen LogP contribution in [0.3, 0.4) is 0 Å². The van der Waals surface area contributed by atoms with Crippen LogP contribution in [0.15, 0.2) is 249 Å². The summed E-state index contributed by atoms with van der Waals surface area (Å²) in [6, 6.07) is 75.5. The summed E-state index contributed by atoms with van der Waals surface area (Å²) >= 11 is 0. The van der Waals surface area contributed by atoms with Crippen molar-refractivity contribution in [1.82, 2.24) is 0 Å². The second-order valence-corrected chi connectivity index (χ2v) is 14.7. The molecule has 0 spiro atoms. The van der Waals surface area contributed by atoms with Crippen LogP contribution < -0.4 is 4.90 Å². The number of fused-ring (bicyclic) bond motifs is 1. The van der Waals surface area contributed by atoms with Crippen LogP contribution in [-0.2, 0) is 0 Å². The predicted octanol–water partition coefficient (Wildman–Crippen LogP) is 16.3. The molecule has 10 aromatic carbocycles. The first-order valence-electron chi connectivity index (χ1n) is 21.9. The molecule has 0 saturated carbocycles. The van der Waals surface area contributed by atoms with Gasteiger partial charge in [0.1, 0.15) is 0 Å². The molecule has 278 valence electrons. The number of nitrogens with zero attached hydrogens (tertiary/aromatic N) is 1. The van der Waals surface area contributed by atoms with E-state index in [1.54, 1.807) is 0 Å². The molecule has 1 nitrogen and oxygen atoms in total. The van der Waals surface area contributed by atoms with Crippen molar-refractivity contribution in [3.63, 3.8) is 0 Å². The Morgan fingerprint density at radius 3 is 1.29 bits per heavy atom. The molecule has 0 unspecified atom stereocenters. The molecule has 0 atom stereocenters. The molecule has 0 N–H and O–H groups in total. The second-order valence-electron chi connectivity index (χ2n) is 14.7. The van der Waals surface area contributed by atoms with Crippen molar-refractivity contribution in [2.75, 3.05) is 4.90 Å². The third-order valence-electron chi connectivity index (χ3n) is 11.0. The van der Waals surface area contributed by atoms with Gasteiger partial charge in [-0.15, -0.1) is 0 Å². The van der Waals surface area contributed by atoms with E-state index in [1.807, 2.05) is 114 Å². The zero-order valence-electron chi connectivity index (χ0n) is 36.3. The lowest BCUT2D eigenvalue weighted by molar-refractivity contribution is 1.28. The maximum Gasteiger partial charge on any atom is 0.0645 e. The highest BCUT2D eigenvalue weighted by atomic mass is 15.1. The summed E-state index contributed by atoms with van der Waals surface area (Å²) in [7, 11) is 0. The molecule has 10 rings (SSSR count). The standard InChI is InChI=1S/C58H41N/c1-3-12-42(13-4-1)45-22-24-47(25-23-45)48-32-36-55(37-33-48)59(58-21-10-9-20-57(58)50-29-26-46(27-30-50)43-14-5-2-6-15-43)56-38-34-49(35-39-56)52-18-11-19-53(40-52)54-31-28-44-16-7-8-17-51(44)41-54/h1-41H/i34D,35D,38D,39D. The quantitative estimate of drug-likeness (QED) is 0.142. The topological polar surface area (TPSA) is 3.24 Å². The Morgan fingerprint density at radius 2 is 0.678 bits per heavy atom. The van der Waals surface area contributed by atoms with Gasteiger partial charge in [0.2, 0.25) is 0 Å². The van der Waals surface area contributed by atoms with Gasteiger partial charge >= 0.3 is 0 Å². The summed E-state index contributed by atoms with van der Waals surface area (Å²) in [5.41, 5.74) is 12.9. The van der Waals surface area contributed by atoms with Crippen LogP contribution in [0.4, 0.5) is 17.1 Å². The molecule has 0 aliphatic carbocycles. The summed E-state index contributed by atoms with van der Waals surface area (Å²) < 4.78 is 38.5. The Labute approximate surface area is 352 Å². The highest BCUT2D eigenvalue weighted by Crippen LogP contribution is 2.42. The molecule has 0 aromatic heterocycles. The minimum Gasteiger partial charge on any atom is -0.310 e. The fourth-order valence-corrected chi connectivity index (χ4v) is 7.85. The zero-order valence-corrected chi connectivity index (χ0v) is 32.3. The van der Waals surface area contributed by atoms with E-state index in [-0.39, 0.29) is 35.4 Å². The lowest BCUT2D eigenvalue weighted by Gasteiger charge is -2.28. The van der Waals surface area contributed by atoms with Crippen molar-refractivity contribution in [2.24, 2.45) is 0 Å². The Balaban J connectivity index is 1.09. The SMILES string of the molecule is [2H]c1c([2H])c(N(c2ccc(-c3ccc(-c4ccccc4)cc3)cc2)c2ccccc2-c2ccc(-c3ccccc3)cc2)c([2H])c([2H])c1-c1cccc(-c2ccc3ccccc3c2)c1. The molecule has 0 heterocycles. The Kier molecular flexibility index (Phi) is 8.51. The van der Waals surface area contributed by atoms with E-state index in [0.717, 1.165) is 72.1 Å². The van der Waals surface area contributed by atoms with E-state index < -0.39 is 0 Å². The van der Waals surface area contributed by atoms with Gasteiger partial charge in [0, 0.05) is 16.9 Å². The van der Waals surface area contributed by atoms with Gasteiger partial charge in [-0.05, 0) is 114 Å². The molecule has 0 bridgehead atoms. The molecule has 59 heavy (non-hydrogen) atoms. The summed E-state index contributed by atoms with van der Waals surface area (Å²) in [4.78, 5) is 1.89. The fraction of sp³-hybridized carbons (Fsp3) is 0. The minimum absolute atomic E-state index is 0.105. The molecular formula is C58H41N. The highest BCUT2D eigenvalue weighted by Gasteiger charge is 2.18. The smallest absolute Gasteiger partial charge is 0.0645 e. The highest BCUT2D eigenvalue weighted by molar-refractivity contribution is 5.91. The fourth-order valence-electron chi connectivity index (χ4n) is 7.85. The van der Waals surface area contributed by atoms with Crippen LogP contribution in [0.5, 0.6) is 0 Å². The summed E-state index contributed by atoms with van der Waals surface area (Å²) in [5.74, 6) is 0. The van der Waals surface area contributed by atoms with E-state index >= 15 is 0 Å². The number of anilines is 3. The molecule has 0 amide bonds. The molecule has 10 aromatic rings. The number of para-hydroxylation sites is 1. The van der Waals surface area contributed by atoms with Crippen LogP contribution in [-0.4, -0.2) is 0 Å². The summed E-state index contributed by atoms with van der Waals surface area (Å²) in [5, 5.41) is 2.27. The largest absolute Gasteiger partial charge is 0.310 e. The van der Waals surface area contributed by atoms with E-state index in [9.17, 15) is 5.48 Å². The molecule has 0 saturated heterocycles. The average Bonchev–Trinajstić information content (AvgIpc) is 3.35. The summed E-state index contributed by atoms with van der Waals surface area (Å²) in [6.45, 7) is 0. The lowest BCUT2D eigenvalue weighted by atomic mass is 9.96. The van der Waals surface area contributed by atoms with E-state index in [4.69, 9.17) is 0 Å². The van der Waals surface area contributed by atoms with Crippen molar-refractivity contribution in [2.45, 2.75) is 0 Å². The zero-order chi connectivity index (χ0) is 42.9. The Bertz CT molecular complexity index is 3210. The molecule has 0 aliphatic heterocycles. The first kappa shape index (κ1) is 31.4. The molecule has 1 heteroatoms. The molecule has 0 fully saturated rings.